The second kappa shape index (κ2) is 7.22. The number of morpholine rings is 1. The third-order valence-electron chi connectivity index (χ3n) is 4.70. The summed E-state index contributed by atoms with van der Waals surface area (Å²) in [5.74, 6) is 2.38. The lowest BCUT2D eigenvalue weighted by Crippen LogP contribution is -2.37. The monoisotopic (exact) mass is 350 g/mol. The van der Waals surface area contributed by atoms with Gasteiger partial charge in [-0.05, 0) is 17.7 Å². The number of rotatable bonds is 4. The Morgan fingerprint density at radius 1 is 0.923 bits per heavy atom. The molecule has 0 atom stereocenters. The summed E-state index contributed by atoms with van der Waals surface area (Å²) in [6.45, 7) is 3.12. The van der Waals surface area contributed by atoms with E-state index in [1.165, 1.54) is 0 Å². The molecule has 1 fully saturated rings. The number of hydrogen-bond donors (Lipinski definition) is 0. The first-order valence-corrected chi connectivity index (χ1v) is 8.75. The Kier molecular flexibility index (Phi) is 4.63. The Hall–Kier alpha value is -2.79. The molecule has 5 heteroatoms. The van der Waals surface area contributed by atoms with Crippen molar-refractivity contribution < 1.29 is 14.2 Å². The number of hydrogen-bond acceptors (Lipinski definition) is 5. The second-order valence-corrected chi connectivity index (χ2v) is 6.22. The molecular weight excluding hydrogens is 328 g/mol. The van der Waals surface area contributed by atoms with Gasteiger partial charge in [-0.1, -0.05) is 30.3 Å². The molecule has 0 spiro atoms. The SMILES string of the molecule is COc1cc2cc(-c3ccccc3)c(N3CCOCC3)nc2cc1OC. The van der Waals surface area contributed by atoms with Crippen LogP contribution in [0.3, 0.4) is 0 Å². The summed E-state index contributed by atoms with van der Waals surface area (Å²) < 4.78 is 16.4. The highest BCUT2D eigenvalue weighted by atomic mass is 16.5. The van der Waals surface area contributed by atoms with E-state index in [4.69, 9.17) is 19.2 Å². The van der Waals surface area contributed by atoms with E-state index in [1.807, 2.05) is 18.2 Å². The van der Waals surface area contributed by atoms with Crippen LogP contribution < -0.4 is 14.4 Å². The van der Waals surface area contributed by atoms with Crippen LogP contribution in [0.5, 0.6) is 11.5 Å². The average molecular weight is 350 g/mol. The van der Waals surface area contributed by atoms with Crippen LogP contribution in [0.2, 0.25) is 0 Å². The normalized spacial score (nSPS) is 14.5. The van der Waals surface area contributed by atoms with Gasteiger partial charge in [0.05, 0.1) is 33.0 Å². The molecule has 1 aliphatic heterocycles. The molecule has 5 nitrogen and oxygen atoms in total. The van der Waals surface area contributed by atoms with Gasteiger partial charge in [0.25, 0.3) is 0 Å². The zero-order valence-corrected chi connectivity index (χ0v) is 15.1. The minimum absolute atomic E-state index is 0.688. The van der Waals surface area contributed by atoms with Gasteiger partial charge in [0.15, 0.2) is 11.5 Å². The molecule has 1 aliphatic rings. The maximum absolute atomic E-state index is 5.52. The summed E-state index contributed by atoms with van der Waals surface area (Å²) >= 11 is 0. The molecule has 0 unspecified atom stereocenters. The highest BCUT2D eigenvalue weighted by Gasteiger charge is 2.19. The maximum Gasteiger partial charge on any atom is 0.162 e. The fourth-order valence-corrected chi connectivity index (χ4v) is 3.34. The van der Waals surface area contributed by atoms with E-state index in [-0.39, 0.29) is 0 Å². The van der Waals surface area contributed by atoms with E-state index in [0.29, 0.717) is 11.5 Å². The van der Waals surface area contributed by atoms with Crippen molar-refractivity contribution in [2.75, 3.05) is 45.4 Å². The summed E-state index contributed by atoms with van der Waals surface area (Å²) in [5, 5.41) is 1.03. The molecule has 1 saturated heterocycles. The summed E-state index contributed by atoms with van der Waals surface area (Å²) in [7, 11) is 3.29. The topological polar surface area (TPSA) is 43.8 Å². The number of pyridine rings is 1. The number of nitrogens with zero attached hydrogens (tertiary/aromatic N) is 2. The quantitative estimate of drug-likeness (QED) is 0.717. The van der Waals surface area contributed by atoms with E-state index < -0.39 is 0 Å². The molecule has 0 bridgehead atoms. The van der Waals surface area contributed by atoms with Crippen molar-refractivity contribution in [3.8, 4) is 22.6 Å². The summed E-state index contributed by atoms with van der Waals surface area (Å²) in [6.07, 6.45) is 0. The molecule has 2 heterocycles. The minimum Gasteiger partial charge on any atom is -0.493 e. The third kappa shape index (κ3) is 3.06. The fourth-order valence-electron chi connectivity index (χ4n) is 3.34. The van der Waals surface area contributed by atoms with E-state index in [0.717, 1.165) is 54.2 Å². The second-order valence-electron chi connectivity index (χ2n) is 6.22. The molecule has 134 valence electrons. The molecule has 0 radical (unpaired) electrons. The number of anilines is 1. The number of ether oxygens (including phenoxy) is 3. The Morgan fingerprint density at radius 2 is 1.62 bits per heavy atom. The molecule has 4 rings (SSSR count). The first kappa shape index (κ1) is 16.7. The van der Waals surface area contributed by atoms with Gasteiger partial charge in [-0.2, -0.15) is 0 Å². The van der Waals surface area contributed by atoms with Gasteiger partial charge in [-0.25, -0.2) is 4.98 Å². The number of aromatic nitrogens is 1. The predicted molar refractivity (Wildman–Crippen MR) is 103 cm³/mol. The Balaban J connectivity index is 1.93. The van der Waals surface area contributed by atoms with Crippen LogP contribution in [0.4, 0.5) is 5.82 Å². The average Bonchev–Trinajstić information content (AvgIpc) is 2.73. The molecule has 0 saturated carbocycles. The highest BCUT2D eigenvalue weighted by Crippen LogP contribution is 2.37. The fraction of sp³-hybridized carbons (Fsp3) is 0.286. The van der Waals surface area contributed by atoms with Crippen LogP contribution in [-0.4, -0.2) is 45.5 Å². The molecular formula is C21H22N2O3. The Morgan fingerprint density at radius 3 is 2.31 bits per heavy atom. The van der Waals surface area contributed by atoms with E-state index in [9.17, 15) is 0 Å². The highest BCUT2D eigenvalue weighted by molar-refractivity contribution is 5.91. The van der Waals surface area contributed by atoms with Gasteiger partial charge in [0, 0.05) is 30.1 Å². The van der Waals surface area contributed by atoms with Crippen LogP contribution in [0, 0.1) is 0 Å². The Bertz CT molecular complexity index is 906. The minimum atomic E-state index is 0.688. The van der Waals surface area contributed by atoms with Gasteiger partial charge in [-0.15, -0.1) is 0 Å². The predicted octanol–water partition coefficient (Wildman–Crippen LogP) is 3.76. The van der Waals surface area contributed by atoms with Gasteiger partial charge >= 0.3 is 0 Å². The molecule has 0 aliphatic carbocycles. The third-order valence-corrected chi connectivity index (χ3v) is 4.70. The van der Waals surface area contributed by atoms with Crippen molar-refractivity contribution in [2.45, 2.75) is 0 Å². The largest absolute Gasteiger partial charge is 0.493 e. The van der Waals surface area contributed by atoms with Crippen molar-refractivity contribution in [3.63, 3.8) is 0 Å². The first-order chi connectivity index (χ1) is 12.8. The molecule has 2 aromatic carbocycles. The van der Waals surface area contributed by atoms with Crippen molar-refractivity contribution in [2.24, 2.45) is 0 Å². The van der Waals surface area contributed by atoms with Crippen molar-refractivity contribution >= 4 is 16.7 Å². The van der Waals surface area contributed by atoms with Gasteiger partial charge < -0.3 is 19.1 Å². The lowest BCUT2D eigenvalue weighted by Gasteiger charge is -2.30. The summed E-state index contributed by atoms with van der Waals surface area (Å²) in [4.78, 5) is 7.29. The van der Waals surface area contributed by atoms with Gasteiger partial charge in [0.2, 0.25) is 0 Å². The Labute approximate surface area is 153 Å². The molecule has 1 aromatic heterocycles. The van der Waals surface area contributed by atoms with Crippen molar-refractivity contribution in [3.05, 3.63) is 48.5 Å². The lowest BCUT2D eigenvalue weighted by atomic mass is 10.0. The standard InChI is InChI=1S/C21H22N2O3/c1-24-19-13-16-12-17(15-6-4-3-5-7-15)21(23-8-10-26-11-9-23)22-18(16)14-20(19)25-2/h3-7,12-14H,8-11H2,1-2H3. The number of fused-ring (bicyclic) bond motifs is 1. The van der Waals surface area contributed by atoms with Gasteiger partial charge in [-0.3, -0.25) is 0 Å². The van der Waals surface area contributed by atoms with Crippen LogP contribution in [0.25, 0.3) is 22.0 Å². The van der Waals surface area contributed by atoms with E-state index in [2.05, 4.69) is 35.2 Å². The molecule has 0 N–H and O–H groups in total. The van der Waals surface area contributed by atoms with Crippen LogP contribution in [-0.2, 0) is 4.74 Å². The van der Waals surface area contributed by atoms with Crippen LogP contribution in [0.1, 0.15) is 0 Å². The summed E-state index contributed by atoms with van der Waals surface area (Å²) in [6, 6.07) is 16.5. The molecule has 26 heavy (non-hydrogen) atoms. The van der Waals surface area contributed by atoms with Crippen LogP contribution in [0.15, 0.2) is 48.5 Å². The molecule has 0 amide bonds. The zero-order chi connectivity index (χ0) is 17.9. The molecule has 3 aromatic rings. The van der Waals surface area contributed by atoms with Gasteiger partial charge in [0.1, 0.15) is 5.82 Å². The van der Waals surface area contributed by atoms with Crippen LogP contribution >= 0.6 is 0 Å². The lowest BCUT2D eigenvalue weighted by molar-refractivity contribution is 0.122. The van der Waals surface area contributed by atoms with E-state index in [1.54, 1.807) is 14.2 Å². The summed E-state index contributed by atoms with van der Waals surface area (Å²) in [5.41, 5.74) is 3.16. The van der Waals surface area contributed by atoms with E-state index >= 15 is 0 Å². The smallest absolute Gasteiger partial charge is 0.162 e. The number of benzene rings is 2. The zero-order valence-electron chi connectivity index (χ0n) is 15.1. The maximum atomic E-state index is 5.52. The first-order valence-electron chi connectivity index (χ1n) is 8.75. The number of methoxy groups -OCH3 is 2. The van der Waals surface area contributed by atoms with Crippen molar-refractivity contribution in [1.29, 1.82) is 0 Å². The van der Waals surface area contributed by atoms with Crippen molar-refractivity contribution in [1.82, 2.24) is 4.98 Å².